The van der Waals surface area contributed by atoms with E-state index in [2.05, 4.69) is 11.9 Å². The molecule has 1 aliphatic heterocycles. The fourth-order valence-corrected chi connectivity index (χ4v) is 2.79. The Morgan fingerprint density at radius 3 is 2.30 bits per heavy atom. The van der Waals surface area contributed by atoms with Crippen molar-refractivity contribution in [2.45, 2.75) is 66.2 Å². The van der Waals surface area contributed by atoms with Crippen LogP contribution in [0.1, 0.15) is 66.2 Å². The van der Waals surface area contributed by atoms with Crippen LogP contribution in [0, 0.1) is 17.8 Å². The van der Waals surface area contributed by atoms with Crippen molar-refractivity contribution in [2.75, 3.05) is 6.54 Å². The molecule has 0 bridgehead atoms. The Kier molecular flexibility index (Phi) is 7.11. The van der Waals surface area contributed by atoms with E-state index in [1.54, 1.807) is 0 Å². The molecule has 0 spiro atoms. The number of hydrogen-bond acceptors (Lipinski definition) is 3. The highest BCUT2D eigenvalue weighted by Gasteiger charge is 2.26. The van der Waals surface area contributed by atoms with E-state index in [4.69, 9.17) is 0 Å². The van der Waals surface area contributed by atoms with E-state index in [0.29, 0.717) is 18.1 Å². The molecule has 1 rings (SSSR count). The zero-order valence-electron chi connectivity index (χ0n) is 13.4. The molecule has 0 radical (unpaired) electrons. The van der Waals surface area contributed by atoms with Gasteiger partial charge in [-0.2, -0.15) is 0 Å². The molecule has 1 aliphatic rings. The van der Waals surface area contributed by atoms with Crippen LogP contribution in [0.5, 0.6) is 0 Å². The molecule has 0 aromatic carbocycles. The Morgan fingerprint density at radius 1 is 1.20 bits per heavy atom. The van der Waals surface area contributed by atoms with Gasteiger partial charge in [-0.05, 0) is 19.3 Å². The van der Waals surface area contributed by atoms with Crippen LogP contribution in [0.3, 0.4) is 0 Å². The maximum Gasteiger partial charge on any atom is 0.179 e. The summed E-state index contributed by atoms with van der Waals surface area (Å²) in [5, 5.41) is 0. The number of Topliss-reactive ketones (excluding diaryl/α,β-unsaturated/α-hetero) is 2. The van der Waals surface area contributed by atoms with E-state index >= 15 is 0 Å². The molecule has 3 nitrogen and oxygen atoms in total. The summed E-state index contributed by atoms with van der Waals surface area (Å²) in [6.45, 7) is 8.84. The van der Waals surface area contributed by atoms with Crippen LogP contribution >= 0.6 is 0 Å². The maximum absolute atomic E-state index is 12.3. The summed E-state index contributed by atoms with van der Waals surface area (Å²) in [5.41, 5.74) is 0.812. The van der Waals surface area contributed by atoms with Gasteiger partial charge in [0.1, 0.15) is 5.78 Å². The van der Waals surface area contributed by atoms with Gasteiger partial charge in [-0.1, -0.05) is 40.5 Å². The summed E-state index contributed by atoms with van der Waals surface area (Å²) in [7, 11) is 0. The van der Waals surface area contributed by atoms with E-state index in [0.717, 1.165) is 44.4 Å². The van der Waals surface area contributed by atoms with Crippen molar-refractivity contribution >= 4 is 17.3 Å². The van der Waals surface area contributed by atoms with Gasteiger partial charge in [-0.15, -0.1) is 0 Å². The predicted octanol–water partition coefficient (Wildman–Crippen LogP) is 3.85. The second kappa shape index (κ2) is 8.33. The number of nitrogens with zero attached hydrogens (tertiary/aromatic N) is 1. The molecule has 0 aromatic heterocycles. The van der Waals surface area contributed by atoms with Crippen molar-refractivity contribution < 1.29 is 9.59 Å². The Hall–Kier alpha value is -0.990. The molecule has 3 unspecified atom stereocenters. The molecule has 1 heterocycles. The smallest absolute Gasteiger partial charge is 0.179 e. The first-order valence-corrected chi connectivity index (χ1v) is 8.08. The van der Waals surface area contributed by atoms with Gasteiger partial charge in [0.2, 0.25) is 0 Å². The molecular weight excluding hydrogens is 250 g/mol. The van der Waals surface area contributed by atoms with Crippen LogP contribution in [0.25, 0.3) is 0 Å². The molecule has 3 heteroatoms. The highest BCUT2D eigenvalue weighted by atomic mass is 16.1. The molecule has 114 valence electrons. The molecule has 0 aromatic rings. The van der Waals surface area contributed by atoms with Crippen molar-refractivity contribution in [3.63, 3.8) is 0 Å². The summed E-state index contributed by atoms with van der Waals surface area (Å²) in [6.07, 6.45) is 5.57. The Morgan fingerprint density at radius 2 is 1.80 bits per heavy atom. The van der Waals surface area contributed by atoms with Gasteiger partial charge in [0, 0.05) is 30.7 Å². The van der Waals surface area contributed by atoms with Crippen LogP contribution in [-0.2, 0) is 9.59 Å². The van der Waals surface area contributed by atoms with Crippen LogP contribution in [0.2, 0.25) is 0 Å². The van der Waals surface area contributed by atoms with E-state index in [1.807, 2.05) is 20.8 Å². The van der Waals surface area contributed by atoms with Crippen LogP contribution in [-0.4, -0.2) is 23.8 Å². The summed E-state index contributed by atoms with van der Waals surface area (Å²) in [4.78, 5) is 28.1. The van der Waals surface area contributed by atoms with Gasteiger partial charge in [-0.25, -0.2) is 0 Å². The lowest BCUT2D eigenvalue weighted by Gasteiger charge is -2.13. The summed E-state index contributed by atoms with van der Waals surface area (Å²) in [6, 6.07) is 0. The second-order valence-electron chi connectivity index (χ2n) is 6.23. The molecular formula is C17H29NO2. The third-order valence-corrected chi connectivity index (χ3v) is 4.43. The van der Waals surface area contributed by atoms with Gasteiger partial charge in [0.25, 0.3) is 0 Å². The number of carbonyl (C=O) groups is 2. The molecule has 0 amide bonds. The summed E-state index contributed by atoms with van der Waals surface area (Å²) >= 11 is 0. The van der Waals surface area contributed by atoms with Crippen LogP contribution < -0.4 is 0 Å². The predicted molar refractivity (Wildman–Crippen MR) is 83.2 cm³/mol. The molecule has 0 fully saturated rings. The zero-order valence-corrected chi connectivity index (χ0v) is 13.4. The van der Waals surface area contributed by atoms with Gasteiger partial charge in [0.05, 0.1) is 5.71 Å². The summed E-state index contributed by atoms with van der Waals surface area (Å²) in [5.74, 6) is 1.18. The lowest BCUT2D eigenvalue weighted by atomic mass is 9.90. The average Bonchev–Trinajstić information content (AvgIpc) is 2.87. The number of unbranched alkanes of at least 4 members (excludes halogenated alkanes) is 1. The van der Waals surface area contributed by atoms with Gasteiger partial charge in [0.15, 0.2) is 5.78 Å². The monoisotopic (exact) mass is 279 g/mol. The van der Waals surface area contributed by atoms with Crippen molar-refractivity contribution in [2.24, 2.45) is 22.7 Å². The van der Waals surface area contributed by atoms with Gasteiger partial charge in [-0.3, -0.25) is 14.6 Å². The lowest BCUT2D eigenvalue weighted by Crippen LogP contribution is -2.25. The fourth-order valence-electron chi connectivity index (χ4n) is 2.79. The minimum Gasteiger partial charge on any atom is -0.299 e. The van der Waals surface area contributed by atoms with E-state index in [1.165, 1.54) is 0 Å². The SMILES string of the molecule is CCC(=O)C(C)CCCCC(C)C(=O)C1=NCCC1C. The lowest BCUT2D eigenvalue weighted by molar-refractivity contribution is -0.122. The molecule has 3 atom stereocenters. The largest absolute Gasteiger partial charge is 0.299 e. The molecule has 0 saturated carbocycles. The minimum atomic E-state index is 0.0754. The summed E-state index contributed by atoms with van der Waals surface area (Å²) < 4.78 is 0. The molecule has 0 saturated heterocycles. The second-order valence-corrected chi connectivity index (χ2v) is 6.23. The standard InChI is InChI=1S/C17H29NO2/c1-5-15(19)12(2)8-6-7-9-14(4)17(20)16-13(3)10-11-18-16/h12-14H,5-11H2,1-4H3. The number of rotatable bonds is 9. The van der Waals surface area contributed by atoms with Crippen molar-refractivity contribution in [3.05, 3.63) is 0 Å². The first-order chi connectivity index (χ1) is 9.47. The Labute approximate surface area is 123 Å². The van der Waals surface area contributed by atoms with E-state index < -0.39 is 0 Å². The maximum atomic E-state index is 12.3. The fraction of sp³-hybridized carbons (Fsp3) is 0.824. The van der Waals surface area contributed by atoms with Crippen LogP contribution in [0.4, 0.5) is 0 Å². The first kappa shape index (κ1) is 17.1. The third kappa shape index (κ3) is 4.84. The third-order valence-electron chi connectivity index (χ3n) is 4.43. The van der Waals surface area contributed by atoms with Gasteiger partial charge >= 0.3 is 0 Å². The number of ketones is 2. The van der Waals surface area contributed by atoms with Crippen LogP contribution in [0.15, 0.2) is 4.99 Å². The minimum absolute atomic E-state index is 0.0754. The van der Waals surface area contributed by atoms with Crippen molar-refractivity contribution in [3.8, 4) is 0 Å². The van der Waals surface area contributed by atoms with E-state index in [9.17, 15) is 9.59 Å². The number of hydrogen-bond donors (Lipinski definition) is 0. The number of aliphatic imine (C=N–C) groups is 1. The van der Waals surface area contributed by atoms with Gasteiger partial charge < -0.3 is 0 Å². The quantitative estimate of drug-likeness (QED) is 0.602. The molecule has 20 heavy (non-hydrogen) atoms. The Bertz CT molecular complexity index is 373. The topological polar surface area (TPSA) is 46.5 Å². The highest BCUT2D eigenvalue weighted by molar-refractivity contribution is 6.41. The van der Waals surface area contributed by atoms with Crippen molar-refractivity contribution in [1.29, 1.82) is 0 Å². The van der Waals surface area contributed by atoms with Crippen molar-refractivity contribution in [1.82, 2.24) is 0 Å². The number of carbonyl (C=O) groups excluding carboxylic acids is 2. The normalized spacial score (nSPS) is 21.4. The Balaban J connectivity index is 2.25. The average molecular weight is 279 g/mol. The molecule has 0 N–H and O–H groups in total. The highest BCUT2D eigenvalue weighted by Crippen LogP contribution is 2.20. The zero-order chi connectivity index (χ0) is 15.1. The van der Waals surface area contributed by atoms with E-state index in [-0.39, 0.29) is 17.6 Å². The first-order valence-electron chi connectivity index (χ1n) is 8.08. The molecule has 0 aliphatic carbocycles.